The highest BCUT2D eigenvalue weighted by molar-refractivity contribution is 6.07. The summed E-state index contributed by atoms with van der Waals surface area (Å²) in [4.78, 5) is 26.4. The number of primary amides is 1. The van der Waals surface area contributed by atoms with Crippen molar-refractivity contribution in [2.24, 2.45) is 5.73 Å². The first-order valence-electron chi connectivity index (χ1n) is 9.45. The van der Waals surface area contributed by atoms with Crippen LogP contribution in [0.25, 0.3) is 11.1 Å². The summed E-state index contributed by atoms with van der Waals surface area (Å²) >= 11 is 0. The van der Waals surface area contributed by atoms with E-state index in [1.165, 1.54) is 0 Å². The number of amides is 2. The zero-order valence-corrected chi connectivity index (χ0v) is 15.8. The molecule has 2 N–H and O–H groups in total. The SMILES string of the molecule is Cc1ccc(C(N)=O)cc1-c1ccc2c(c1)CCCN2C(=O)c1ccccc1. The lowest BCUT2D eigenvalue weighted by Gasteiger charge is -2.30. The number of fused-ring (bicyclic) bond motifs is 1. The van der Waals surface area contributed by atoms with Crippen LogP contribution >= 0.6 is 0 Å². The van der Waals surface area contributed by atoms with Crippen LogP contribution in [0.4, 0.5) is 5.69 Å². The van der Waals surface area contributed by atoms with Crippen molar-refractivity contribution >= 4 is 17.5 Å². The molecular weight excluding hydrogens is 348 g/mol. The maximum Gasteiger partial charge on any atom is 0.258 e. The van der Waals surface area contributed by atoms with E-state index in [0.717, 1.165) is 47.3 Å². The minimum absolute atomic E-state index is 0.0289. The van der Waals surface area contributed by atoms with E-state index in [2.05, 4.69) is 6.07 Å². The highest BCUT2D eigenvalue weighted by atomic mass is 16.2. The van der Waals surface area contributed by atoms with Gasteiger partial charge in [-0.15, -0.1) is 0 Å². The Morgan fingerprint density at radius 2 is 1.71 bits per heavy atom. The molecule has 4 rings (SSSR count). The maximum absolute atomic E-state index is 13.0. The van der Waals surface area contributed by atoms with Gasteiger partial charge in [0.25, 0.3) is 5.91 Å². The van der Waals surface area contributed by atoms with E-state index in [-0.39, 0.29) is 5.91 Å². The van der Waals surface area contributed by atoms with Gasteiger partial charge < -0.3 is 10.6 Å². The lowest BCUT2D eigenvalue weighted by Crippen LogP contribution is -2.35. The molecule has 0 fully saturated rings. The van der Waals surface area contributed by atoms with Gasteiger partial charge in [0.05, 0.1) is 0 Å². The van der Waals surface area contributed by atoms with E-state index in [9.17, 15) is 9.59 Å². The van der Waals surface area contributed by atoms with Crippen molar-refractivity contribution in [2.45, 2.75) is 19.8 Å². The average Bonchev–Trinajstić information content (AvgIpc) is 2.73. The standard InChI is InChI=1S/C24H22N2O2/c1-16-9-10-20(23(25)27)15-21(16)18-11-12-22-19(14-18)8-5-13-26(22)24(28)17-6-3-2-4-7-17/h2-4,6-7,9-12,14-15H,5,8,13H2,1H3,(H2,25,27). The molecule has 1 heterocycles. The second-order valence-corrected chi connectivity index (χ2v) is 7.16. The summed E-state index contributed by atoms with van der Waals surface area (Å²) in [6.07, 6.45) is 1.85. The van der Waals surface area contributed by atoms with Crippen molar-refractivity contribution in [1.82, 2.24) is 0 Å². The van der Waals surface area contributed by atoms with Crippen LogP contribution in [0, 0.1) is 6.92 Å². The molecule has 0 saturated carbocycles. The zero-order chi connectivity index (χ0) is 19.7. The number of anilines is 1. The fraction of sp³-hybridized carbons (Fsp3) is 0.167. The number of aryl methyl sites for hydroxylation is 2. The molecule has 3 aromatic carbocycles. The molecule has 0 aliphatic carbocycles. The molecule has 2 amide bonds. The summed E-state index contributed by atoms with van der Waals surface area (Å²) in [7, 11) is 0. The number of hydrogen-bond donors (Lipinski definition) is 1. The Morgan fingerprint density at radius 3 is 2.46 bits per heavy atom. The number of carbonyl (C=O) groups excluding carboxylic acids is 2. The van der Waals surface area contributed by atoms with Crippen LogP contribution in [0.5, 0.6) is 0 Å². The van der Waals surface area contributed by atoms with Gasteiger partial charge in [0.2, 0.25) is 5.91 Å². The molecule has 1 aliphatic rings. The summed E-state index contributed by atoms with van der Waals surface area (Å²) in [5.41, 5.74) is 11.9. The second-order valence-electron chi connectivity index (χ2n) is 7.16. The van der Waals surface area contributed by atoms with Gasteiger partial charge in [-0.25, -0.2) is 0 Å². The highest BCUT2D eigenvalue weighted by Gasteiger charge is 2.24. The quantitative estimate of drug-likeness (QED) is 0.745. The molecule has 28 heavy (non-hydrogen) atoms. The van der Waals surface area contributed by atoms with Crippen molar-refractivity contribution in [3.63, 3.8) is 0 Å². The molecular formula is C24H22N2O2. The molecule has 0 atom stereocenters. The van der Waals surface area contributed by atoms with Gasteiger partial charge in [-0.05, 0) is 78.4 Å². The normalized spacial score (nSPS) is 13.1. The Hall–Kier alpha value is -3.40. The Morgan fingerprint density at radius 1 is 0.929 bits per heavy atom. The fourth-order valence-electron chi connectivity index (χ4n) is 3.80. The molecule has 0 spiro atoms. The molecule has 4 nitrogen and oxygen atoms in total. The summed E-state index contributed by atoms with van der Waals surface area (Å²) in [6, 6.07) is 21.1. The first-order chi connectivity index (χ1) is 13.5. The molecule has 4 heteroatoms. The van der Waals surface area contributed by atoms with Crippen LogP contribution in [0.2, 0.25) is 0 Å². The van der Waals surface area contributed by atoms with Crippen LogP contribution in [-0.2, 0) is 6.42 Å². The summed E-state index contributed by atoms with van der Waals surface area (Å²) in [6.45, 7) is 2.74. The van der Waals surface area contributed by atoms with Gasteiger partial charge in [0, 0.05) is 23.4 Å². The van der Waals surface area contributed by atoms with Crippen LogP contribution in [0.15, 0.2) is 66.7 Å². The van der Waals surface area contributed by atoms with Crippen molar-refractivity contribution in [1.29, 1.82) is 0 Å². The van der Waals surface area contributed by atoms with Gasteiger partial charge in [-0.1, -0.05) is 30.3 Å². The number of nitrogens with two attached hydrogens (primary N) is 1. The molecule has 140 valence electrons. The zero-order valence-electron chi connectivity index (χ0n) is 15.8. The predicted octanol–water partition coefficient (Wildman–Crippen LogP) is 4.35. The Bertz CT molecular complexity index is 1060. The first-order valence-corrected chi connectivity index (χ1v) is 9.45. The van der Waals surface area contributed by atoms with Crippen LogP contribution < -0.4 is 10.6 Å². The third-order valence-corrected chi connectivity index (χ3v) is 5.30. The van der Waals surface area contributed by atoms with Crippen LogP contribution in [0.3, 0.4) is 0 Å². The van der Waals surface area contributed by atoms with Crippen LogP contribution in [-0.4, -0.2) is 18.4 Å². The Balaban J connectivity index is 1.72. The number of carbonyl (C=O) groups is 2. The van der Waals surface area contributed by atoms with E-state index in [4.69, 9.17) is 5.73 Å². The van der Waals surface area contributed by atoms with Crippen molar-refractivity contribution in [3.8, 4) is 11.1 Å². The largest absolute Gasteiger partial charge is 0.366 e. The third-order valence-electron chi connectivity index (χ3n) is 5.30. The van der Waals surface area contributed by atoms with Crippen molar-refractivity contribution in [3.05, 3.63) is 89.0 Å². The van der Waals surface area contributed by atoms with E-state index in [1.54, 1.807) is 6.07 Å². The smallest absolute Gasteiger partial charge is 0.258 e. The first kappa shape index (κ1) is 18.0. The molecule has 3 aromatic rings. The average molecular weight is 370 g/mol. The Kier molecular flexibility index (Phi) is 4.70. The Labute approximate surface area is 164 Å². The summed E-state index contributed by atoms with van der Waals surface area (Å²) in [5.74, 6) is -0.403. The number of hydrogen-bond acceptors (Lipinski definition) is 2. The number of nitrogens with zero attached hydrogens (tertiary/aromatic N) is 1. The van der Waals surface area contributed by atoms with E-state index in [1.807, 2.05) is 66.4 Å². The van der Waals surface area contributed by atoms with Gasteiger partial charge in [-0.3, -0.25) is 9.59 Å². The summed E-state index contributed by atoms with van der Waals surface area (Å²) in [5, 5.41) is 0. The third kappa shape index (κ3) is 3.29. The maximum atomic E-state index is 13.0. The number of benzene rings is 3. The molecule has 0 radical (unpaired) electrons. The molecule has 1 aliphatic heterocycles. The van der Waals surface area contributed by atoms with Crippen molar-refractivity contribution in [2.75, 3.05) is 11.4 Å². The fourth-order valence-corrected chi connectivity index (χ4v) is 3.80. The lowest BCUT2D eigenvalue weighted by molar-refractivity contribution is 0.0981. The van der Waals surface area contributed by atoms with Gasteiger partial charge in [-0.2, -0.15) is 0 Å². The monoisotopic (exact) mass is 370 g/mol. The minimum atomic E-state index is -0.432. The van der Waals surface area contributed by atoms with Crippen molar-refractivity contribution < 1.29 is 9.59 Å². The topological polar surface area (TPSA) is 63.4 Å². The highest BCUT2D eigenvalue weighted by Crippen LogP contribution is 2.34. The van der Waals surface area contributed by atoms with E-state index in [0.29, 0.717) is 11.1 Å². The lowest BCUT2D eigenvalue weighted by atomic mass is 9.93. The van der Waals surface area contributed by atoms with E-state index >= 15 is 0 Å². The predicted molar refractivity (Wildman–Crippen MR) is 112 cm³/mol. The molecule has 0 aromatic heterocycles. The van der Waals surface area contributed by atoms with E-state index < -0.39 is 5.91 Å². The minimum Gasteiger partial charge on any atom is -0.366 e. The number of rotatable bonds is 3. The molecule has 0 bridgehead atoms. The molecule has 0 unspecified atom stereocenters. The van der Waals surface area contributed by atoms with Gasteiger partial charge in [0.1, 0.15) is 0 Å². The van der Waals surface area contributed by atoms with Gasteiger partial charge in [0.15, 0.2) is 0 Å². The summed E-state index contributed by atoms with van der Waals surface area (Å²) < 4.78 is 0. The second kappa shape index (κ2) is 7.31. The van der Waals surface area contributed by atoms with Gasteiger partial charge >= 0.3 is 0 Å². The molecule has 0 saturated heterocycles. The van der Waals surface area contributed by atoms with Crippen LogP contribution in [0.1, 0.15) is 38.3 Å².